The summed E-state index contributed by atoms with van der Waals surface area (Å²) in [6.07, 6.45) is 0. The lowest BCUT2D eigenvalue weighted by Gasteiger charge is -2.40. The highest BCUT2D eigenvalue weighted by atomic mass is 15.2. The molecule has 0 amide bonds. The number of anilines is 6. The quantitative estimate of drug-likeness (QED) is 0.139. The van der Waals surface area contributed by atoms with Crippen LogP contribution in [0.4, 0.5) is 34.1 Å². The standard InChI is InChI=1S/C50H34N4.C38H24N2.C30H18N2/c1-5-17-33(18-6-1)53(34-19-7-2-8-20-34)45-29-30-46(54(35-21-9-3-10-22-35)36-23-11-4-12-24-36)42-32-44-43(31-41(42)45)51-49-47-37-25-13-15-27-39(37)48(50(49)52-44)40-28-16-14-26-38(40)47;1-3-11-23(12-4-1)25-19-20-26(24-13-5-2-6-14-24)32-22-34-33(21-31(25)32)39-37-35-27-15-7-9-17-29(27)36(38(37)40-34)30-18-10-8-16-28(30)35;1-2-8-18-14-20-16-26-25(15-19(20)13-17(18)7-1)31-29-27-21-9-3-5-11-23(21)28(30(29)32-26)24-12-6-4-10-22(24)27/h1-32,47-48H;1-22,35-36H;1-16,27-28H. The summed E-state index contributed by atoms with van der Waals surface area (Å²) in [5.41, 5.74) is 39.9. The van der Waals surface area contributed by atoms with Gasteiger partial charge in [0.25, 0.3) is 0 Å². The number of hydrogen-bond donors (Lipinski definition) is 0. The number of hydrogen-bond acceptors (Lipinski definition) is 8. The van der Waals surface area contributed by atoms with Crippen molar-refractivity contribution in [2.45, 2.75) is 35.5 Å². The Labute approximate surface area is 728 Å². The second-order valence-electron chi connectivity index (χ2n) is 34.0. The highest BCUT2D eigenvalue weighted by Gasteiger charge is 2.47. The van der Waals surface area contributed by atoms with Crippen LogP contribution in [0.1, 0.15) is 136 Å². The highest BCUT2D eigenvalue weighted by molar-refractivity contribution is 6.13. The van der Waals surface area contributed by atoms with Crippen molar-refractivity contribution in [3.63, 3.8) is 0 Å². The minimum Gasteiger partial charge on any atom is -0.310 e. The van der Waals surface area contributed by atoms with Crippen LogP contribution in [0.3, 0.4) is 0 Å². The summed E-state index contributed by atoms with van der Waals surface area (Å²) in [5.74, 6) is 0.645. The first-order valence-electron chi connectivity index (χ1n) is 43.7. The van der Waals surface area contributed by atoms with E-state index in [2.05, 4.69) is 434 Å². The number of para-hydroxylation sites is 4. The first-order valence-corrected chi connectivity index (χ1v) is 43.7. The first-order chi connectivity index (χ1) is 62.5. The maximum atomic E-state index is 5.59. The van der Waals surface area contributed by atoms with E-state index in [9.17, 15) is 0 Å². The fourth-order valence-corrected chi connectivity index (χ4v) is 21.9. The number of aromatic nitrogens is 6. The number of benzene rings is 19. The van der Waals surface area contributed by atoms with E-state index in [0.717, 1.165) is 112 Å². The fourth-order valence-electron chi connectivity index (χ4n) is 21.9. The number of rotatable bonds is 8. The second kappa shape index (κ2) is 28.7. The van der Waals surface area contributed by atoms with E-state index in [4.69, 9.17) is 29.9 Å². The molecule has 8 nitrogen and oxygen atoms in total. The van der Waals surface area contributed by atoms with Crippen LogP contribution < -0.4 is 9.80 Å². The molecule has 9 aliphatic rings. The molecule has 0 fully saturated rings. The molecule has 0 aliphatic heterocycles. The maximum Gasteiger partial charge on any atom is 0.0898 e. The smallest absolute Gasteiger partial charge is 0.0898 e. The molecule has 0 atom stereocenters. The Bertz CT molecular complexity index is 7520. The zero-order valence-corrected chi connectivity index (χ0v) is 68.5. The van der Waals surface area contributed by atoms with Gasteiger partial charge >= 0.3 is 0 Å². The predicted octanol–water partition coefficient (Wildman–Crippen LogP) is 28.7. The van der Waals surface area contributed by atoms with Gasteiger partial charge in [-0.05, 0) is 231 Å². The fraction of sp³-hybridized carbons (Fsp3) is 0.0508. The molecule has 0 unspecified atom stereocenters. The lowest BCUT2D eigenvalue weighted by Crippen LogP contribution is -2.29. The summed E-state index contributed by atoms with van der Waals surface area (Å²) >= 11 is 0. The van der Waals surface area contributed by atoms with E-state index in [-0.39, 0.29) is 35.5 Å². The van der Waals surface area contributed by atoms with Gasteiger partial charge < -0.3 is 9.80 Å². The van der Waals surface area contributed by atoms with Gasteiger partial charge in [0.1, 0.15) is 0 Å². The molecule has 3 heterocycles. The largest absolute Gasteiger partial charge is 0.310 e. The van der Waals surface area contributed by atoms with Gasteiger partial charge in [-0.25, -0.2) is 29.9 Å². The summed E-state index contributed by atoms with van der Waals surface area (Å²) in [5, 5.41) is 9.55. The molecule has 0 saturated carbocycles. The molecule has 22 aromatic rings. The van der Waals surface area contributed by atoms with Crippen LogP contribution in [0, 0.1) is 0 Å². The monoisotopic (exact) mass is 1600 g/mol. The number of fused-ring (bicyclic) bond motifs is 7. The molecule has 19 aromatic carbocycles. The third kappa shape index (κ3) is 11.2. The molecule has 31 rings (SSSR count). The summed E-state index contributed by atoms with van der Waals surface area (Å²) in [6, 6.07) is 153. The summed E-state index contributed by atoms with van der Waals surface area (Å²) < 4.78 is 0. The molecule has 0 N–H and O–H groups in total. The lowest BCUT2D eigenvalue weighted by molar-refractivity contribution is 0.709. The molecule has 6 bridgehead atoms. The molecule has 0 spiro atoms. The van der Waals surface area contributed by atoms with Crippen LogP contribution >= 0.6 is 0 Å². The van der Waals surface area contributed by atoms with Gasteiger partial charge in [-0.3, -0.25) is 0 Å². The van der Waals surface area contributed by atoms with Crippen molar-refractivity contribution in [3.8, 4) is 22.3 Å². The van der Waals surface area contributed by atoms with Crippen LogP contribution in [0.15, 0.2) is 425 Å². The normalized spacial score (nSPS) is 16.3. The van der Waals surface area contributed by atoms with Gasteiger partial charge in [0.05, 0.1) is 114 Å². The highest BCUT2D eigenvalue weighted by Crippen LogP contribution is 2.59. The van der Waals surface area contributed by atoms with E-state index in [0.29, 0.717) is 0 Å². The van der Waals surface area contributed by atoms with Gasteiger partial charge in [-0.2, -0.15) is 0 Å². The summed E-state index contributed by atoms with van der Waals surface area (Å²) in [4.78, 5) is 37.3. The first kappa shape index (κ1) is 71.6. The van der Waals surface area contributed by atoms with Crippen LogP contribution in [0.2, 0.25) is 0 Å². The van der Waals surface area contributed by atoms with Crippen molar-refractivity contribution < 1.29 is 0 Å². The lowest BCUT2D eigenvalue weighted by atomic mass is 9.64. The Balaban J connectivity index is 0.000000104. The molecule has 0 saturated heterocycles. The van der Waals surface area contributed by atoms with Crippen LogP contribution in [0.25, 0.3) is 98.4 Å². The third-order valence-corrected chi connectivity index (χ3v) is 27.3. The summed E-state index contributed by atoms with van der Waals surface area (Å²) in [7, 11) is 0. The topological polar surface area (TPSA) is 83.8 Å². The van der Waals surface area contributed by atoms with Crippen LogP contribution in [-0.4, -0.2) is 29.9 Å². The van der Waals surface area contributed by atoms with Gasteiger partial charge in [0, 0.05) is 33.5 Å². The molecule has 9 aliphatic carbocycles. The minimum atomic E-state index is 0.0487. The van der Waals surface area contributed by atoms with Crippen LogP contribution in [0.5, 0.6) is 0 Å². The van der Waals surface area contributed by atoms with Gasteiger partial charge in [-0.1, -0.05) is 315 Å². The van der Waals surface area contributed by atoms with Crippen LogP contribution in [-0.2, 0) is 0 Å². The van der Waals surface area contributed by atoms with Gasteiger partial charge in [0.2, 0.25) is 0 Å². The Kier molecular flexibility index (Phi) is 16.3. The van der Waals surface area contributed by atoms with Gasteiger partial charge in [0.15, 0.2) is 0 Å². The van der Waals surface area contributed by atoms with E-state index >= 15 is 0 Å². The van der Waals surface area contributed by atoms with Crippen molar-refractivity contribution in [1.82, 2.24) is 29.9 Å². The van der Waals surface area contributed by atoms with Crippen molar-refractivity contribution in [2.24, 2.45) is 0 Å². The minimum absolute atomic E-state index is 0.0487. The molecule has 0 radical (unpaired) electrons. The molecule has 588 valence electrons. The maximum absolute atomic E-state index is 5.59. The average molecular weight is 1610 g/mol. The van der Waals surface area contributed by atoms with Gasteiger partial charge in [-0.15, -0.1) is 0 Å². The Hall–Kier alpha value is -16.2. The van der Waals surface area contributed by atoms with Crippen molar-refractivity contribution in [2.75, 3.05) is 9.80 Å². The SMILES string of the molecule is c1ccc(-c2ccc(-c3ccccc3)c3cc4nc5c(nc4cc23)C2c3ccccc3C5c3ccccc32)cc1.c1ccc(N(c2ccccc2)c2ccc(N(c3ccccc3)c3ccccc3)c3cc4nc5c(nc4cc23)C2c3ccccc3C5c3ccccc32)cc1.c1ccc2c(c1)C1c3ccccc3C2c2nc3cc4cc5ccccc5cc4cc3nc21. The van der Waals surface area contributed by atoms with Crippen molar-refractivity contribution >= 4 is 110 Å². The van der Waals surface area contributed by atoms with Crippen molar-refractivity contribution in [1.29, 1.82) is 0 Å². The molecule has 8 heteroatoms. The Morgan fingerprint density at radius 1 is 0.159 bits per heavy atom. The van der Waals surface area contributed by atoms with E-state index in [1.165, 1.54) is 121 Å². The molecular weight excluding hydrogens is 1530 g/mol. The zero-order chi connectivity index (χ0) is 82.6. The summed E-state index contributed by atoms with van der Waals surface area (Å²) in [6.45, 7) is 0. The predicted molar refractivity (Wildman–Crippen MR) is 513 cm³/mol. The third-order valence-electron chi connectivity index (χ3n) is 27.3. The second-order valence-corrected chi connectivity index (χ2v) is 34.0. The molecular formula is C118H76N8. The van der Waals surface area contributed by atoms with E-state index < -0.39 is 0 Å². The average Bonchev–Trinajstić information content (AvgIpc) is 0.703. The molecule has 126 heavy (non-hydrogen) atoms. The van der Waals surface area contributed by atoms with E-state index in [1.54, 1.807) is 0 Å². The van der Waals surface area contributed by atoms with Crippen molar-refractivity contribution in [3.05, 3.63) is 526 Å². The zero-order valence-electron chi connectivity index (χ0n) is 68.5. The number of nitrogens with zero attached hydrogens (tertiary/aromatic N) is 8. The Morgan fingerprint density at radius 3 is 0.595 bits per heavy atom. The molecule has 3 aromatic heterocycles. The Morgan fingerprint density at radius 2 is 0.357 bits per heavy atom. The van der Waals surface area contributed by atoms with E-state index in [1.807, 2.05) is 0 Å².